The second-order valence-corrected chi connectivity index (χ2v) is 5.51. The van der Waals surface area contributed by atoms with Crippen molar-refractivity contribution < 1.29 is 0 Å². The van der Waals surface area contributed by atoms with Gasteiger partial charge in [0.25, 0.3) is 0 Å². The molecule has 0 nitrogen and oxygen atoms in total. The molecule has 0 heterocycles. The van der Waals surface area contributed by atoms with Crippen LogP contribution in [0, 0.1) is 0 Å². The Morgan fingerprint density at radius 2 is 1.88 bits per heavy atom. The van der Waals surface area contributed by atoms with Crippen molar-refractivity contribution in [1.29, 1.82) is 0 Å². The maximum Gasteiger partial charge on any atom is -0.0153 e. The van der Waals surface area contributed by atoms with Gasteiger partial charge in [0, 0.05) is 0 Å². The maximum atomic E-state index is 2.43. The summed E-state index contributed by atoms with van der Waals surface area (Å²) in [5, 5.41) is 0. The van der Waals surface area contributed by atoms with Crippen LogP contribution in [0.5, 0.6) is 0 Å². The molecule has 3 rings (SSSR count). The molecule has 0 radical (unpaired) electrons. The molecule has 0 aromatic heterocycles. The van der Waals surface area contributed by atoms with Gasteiger partial charge in [-0.2, -0.15) is 0 Å². The summed E-state index contributed by atoms with van der Waals surface area (Å²) in [7, 11) is 0. The van der Waals surface area contributed by atoms with Crippen LogP contribution in [-0.4, -0.2) is 0 Å². The van der Waals surface area contributed by atoms with Gasteiger partial charge >= 0.3 is 0 Å². The molecule has 1 aromatic carbocycles. The van der Waals surface area contributed by atoms with E-state index in [0.717, 1.165) is 5.92 Å². The summed E-state index contributed by atoms with van der Waals surface area (Å²) in [6.07, 6.45) is 11.0. The van der Waals surface area contributed by atoms with E-state index in [1.807, 2.05) is 0 Å². The molecule has 1 aromatic rings. The molecule has 0 amide bonds. The second-order valence-electron chi connectivity index (χ2n) is 5.51. The fraction of sp³-hybridized carbons (Fsp3) is 0.625. The molecule has 0 saturated heterocycles. The van der Waals surface area contributed by atoms with Crippen molar-refractivity contribution in [2.24, 2.45) is 0 Å². The minimum atomic E-state index is 0.896. The van der Waals surface area contributed by atoms with Crippen molar-refractivity contribution in [3.63, 3.8) is 0 Å². The second kappa shape index (κ2) is 4.24. The van der Waals surface area contributed by atoms with Crippen LogP contribution in [0.4, 0.5) is 0 Å². The highest BCUT2D eigenvalue weighted by Gasteiger charge is 2.26. The van der Waals surface area contributed by atoms with Crippen LogP contribution in [0.2, 0.25) is 0 Å². The first-order valence-electron chi connectivity index (χ1n) is 7.03. The van der Waals surface area contributed by atoms with E-state index in [2.05, 4.69) is 19.1 Å². The Hall–Kier alpha value is -0.780. The molecule has 16 heavy (non-hydrogen) atoms. The molecule has 0 bridgehead atoms. The minimum Gasteiger partial charge on any atom is -0.0654 e. The lowest BCUT2D eigenvalue weighted by molar-refractivity contribution is 0.595. The molecule has 2 aliphatic carbocycles. The van der Waals surface area contributed by atoms with Gasteiger partial charge in [0.1, 0.15) is 0 Å². The average molecular weight is 214 g/mol. The Balaban J connectivity index is 2.04. The molecule has 0 aliphatic heterocycles. The van der Waals surface area contributed by atoms with E-state index in [1.165, 1.54) is 51.4 Å². The van der Waals surface area contributed by atoms with Gasteiger partial charge in [-0.25, -0.2) is 0 Å². The largest absolute Gasteiger partial charge is 0.0654 e. The number of rotatable bonds is 2. The summed E-state index contributed by atoms with van der Waals surface area (Å²) in [4.78, 5) is 0. The van der Waals surface area contributed by atoms with E-state index < -0.39 is 0 Å². The first-order chi connectivity index (χ1) is 7.90. The summed E-state index contributed by atoms with van der Waals surface area (Å²) < 4.78 is 0. The van der Waals surface area contributed by atoms with Crippen LogP contribution in [0.25, 0.3) is 0 Å². The molecule has 0 heteroatoms. The van der Waals surface area contributed by atoms with Crippen molar-refractivity contribution in [1.82, 2.24) is 0 Å². The third-order valence-electron chi connectivity index (χ3n) is 4.47. The zero-order valence-electron chi connectivity index (χ0n) is 10.4. The lowest BCUT2D eigenvalue weighted by Gasteiger charge is -2.22. The zero-order chi connectivity index (χ0) is 11.0. The first kappa shape index (κ1) is 10.4. The Morgan fingerprint density at radius 1 is 1.06 bits per heavy atom. The fourth-order valence-corrected chi connectivity index (χ4v) is 3.74. The third-order valence-corrected chi connectivity index (χ3v) is 4.47. The Labute approximate surface area is 99.1 Å². The summed E-state index contributed by atoms with van der Waals surface area (Å²) in [5.74, 6) is 0.896. The van der Waals surface area contributed by atoms with Gasteiger partial charge in [-0.15, -0.1) is 0 Å². The van der Waals surface area contributed by atoms with E-state index in [9.17, 15) is 0 Å². The molecular formula is C16H22. The van der Waals surface area contributed by atoms with Gasteiger partial charge in [0.2, 0.25) is 0 Å². The van der Waals surface area contributed by atoms with E-state index in [1.54, 1.807) is 22.3 Å². The highest BCUT2D eigenvalue weighted by Crippen LogP contribution is 2.41. The lowest BCUT2D eigenvalue weighted by Crippen LogP contribution is -2.08. The first-order valence-corrected chi connectivity index (χ1v) is 7.03. The predicted octanol–water partition coefficient (Wildman–Crippen LogP) is 4.40. The monoisotopic (exact) mass is 214 g/mol. The molecule has 0 N–H and O–H groups in total. The van der Waals surface area contributed by atoms with Crippen molar-refractivity contribution in [3.05, 3.63) is 34.4 Å². The van der Waals surface area contributed by atoms with Crippen LogP contribution in [-0.2, 0) is 19.3 Å². The smallest absolute Gasteiger partial charge is 0.0153 e. The standard InChI is InChI=1S/C16H22/c1-2-5-13-10-11-14-9-8-12-6-3-4-7-15(12)16(13)14/h8-9,13H,2-7,10-11H2,1H3. The van der Waals surface area contributed by atoms with E-state index in [-0.39, 0.29) is 0 Å². The quantitative estimate of drug-likeness (QED) is 0.684. The van der Waals surface area contributed by atoms with Crippen LogP contribution in [0.1, 0.15) is 67.2 Å². The van der Waals surface area contributed by atoms with Gasteiger partial charge in [0.15, 0.2) is 0 Å². The number of fused-ring (bicyclic) bond motifs is 3. The van der Waals surface area contributed by atoms with Crippen LogP contribution in [0.3, 0.4) is 0 Å². The topological polar surface area (TPSA) is 0 Å². The number of hydrogen-bond acceptors (Lipinski definition) is 0. The molecule has 1 unspecified atom stereocenters. The van der Waals surface area contributed by atoms with Crippen molar-refractivity contribution >= 4 is 0 Å². The summed E-state index contributed by atoms with van der Waals surface area (Å²) in [6, 6.07) is 4.84. The van der Waals surface area contributed by atoms with E-state index >= 15 is 0 Å². The average Bonchev–Trinajstić information content (AvgIpc) is 2.73. The molecule has 0 fully saturated rings. The normalized spacial score (nSPS) is 22.9. The summed E-state index contributed by atoms with van der Waals surface area (Å²) >= 11 is 0. The third kappa shape index (κ3) is 1.59. The molecular weight excluding hydrogens is 192 g/mol. The SMILES string of the molecule is CCCC1CCc2ccc3c(c21)CCCC3. The predicted molar refractivity (Wildman–Crippen MR) is 69.1 cm³/mol. The molecule has 2 aliphatic rings. The maximum absolute atomic E-state index is 2.43. The Morgan fingerprint density at radius 3 is 2.75 bits per heavy atom. The zero-order valence-corrected chi connectivity index (χ0v) is 10.4. The van der Waals surface area contributed by atoms with Gasteiger partial charge < -0.3 is 0 Å². The van der Waals surface area contributed by atoms with Gasteiger partial charge in [-0.3, -0.25) is 0 Å². The molecule has 86 valence electrons. The molecule has 0 spiro atoms. The van der Waals surface area contributed by atoms with Crippen LogP contribution in [0.15, 0.2) is 12.1 Å². The van der Waals surface area contributed by atoms with Crippen LogP contribution < -0.4 is 0 Å². The van der Waals surface area contributed by atoms with Crippen molar-refractivity contribution in [2.75, 3.05) is 0 Å². The summed E-state index contributed by atoms with van der Waals surface area (Å²) in [6.45, 7) is 2.33. The van der Waals surface area contributed by atoms with Crippen LogP contribution >= 0.6 is 0 Å². The van der Waals surface area contributed by atoms with Crippen molar-refractivity contribution in [3.8, 4) is 0 Å². The lowest BCUT2D eigenvalue weighted by atomic mass is 9.83. The highest BCUT2D eigenvalue weighted by molar-refractivity contribution is 5.47. The van der Waals surface area contributed by atoms with E-state index in [4.69, 9.17) is 0 Å². The minimum absolute atomic E-state index is 0.896. The summed E-state index contributed by atoms with van der Waals surface area (Å²) in [5.41, 5.74) is 6.91. The van der Waals surface area contributed by atoms with Gasteiger partial charge in [-0.1, -0.05) is 25.5 Å². The van der Waals surface area contributed by atoms with Gasteiger partial charge in [0.05, 0.1) is 0 Å². The van der Waals surface area contributed by atoms with Crippen molar-refractivity contribution in [2.45, 2.75) is 64.2 Å². The Kier molecular flexibility index (Phi) is 2.75. The molecule has 1 atom stereocenters. The Bertz CT molecular complexity index is 387. The molecule has 0 saturated carbocycles. The number of hydrogen-bond donors (Lipinski definition) is 0. The highest BCUT2D eigenvalue weighted by atomic mass is 14.3. The fourth-order valence-electron chi connectivity index (χ4n) is 3.74. The van der Waals surface area contributed by atoms with E-state index in [0.29, 0.717) is 0 Å². The number of benzene rings is 1. The van der Waals surface area contributed by atoms with Gasteiger partial charge in [-0.05, 0) is 73.1 Å². The number of aryl methyl sites for hydroxylation is 2.